The predicted molar refractivity (Wildman–Crippen MR) is 89.7 cm³/mol. The Hall–Kier alpha value is -1.77. The number of hydrogen-bond acceptors (Lipinski definition) is 2. The van der Waals surface area contributed by atoms with Crippen LogP contribution in [-0.4, -0.2) is 9.55 Å². The Morgan fingerprint density at radius 1 is 1.10 bits per heavy atom. The highest BCUT2D eigenvalue weighted by molar-refractivity contribution is 5.32. The summed E-state index contributed by atoms with van der Waals surface area (Å²) in [6.45, 7) is 12.7. The van der Waals surface area contributed by atoms with E-state index in [0.29, 0.717) is 11.8 Å². The van der Waals surface area contributed by atoms with E-state index in [1.807, 2.05) is 6.92 Å². The zero-order valence-corrected chi connectivity index (χ0v) is 13.9. The number of aryl methyl sites for hydroxylation is 1. The molecule has 0 aliphatic heterocycles. The van der Waals surface area contributed by atoms with Gasteiger partial charge >= 0.3 is 0 Å². The molecule has 0 aliphatic carbocycles. The summed E-state index contributed by atoms with van der Waals surface area (Å²) in [5, 5.41) is 3.46. The molecule has 0 spiro atoms. The SMILES string of the molecule is Cc1cn(CC(C)C)c(NCc2ccc(C(C)C)cc2)n1. The number of imidazole rings is 1. The van der Waals surface area contributed by atoms with Crippen LogP contribution in [0.15, 0.2) is 30.5 Å². The van der Waals surface area contributed by atoms with Crippen molar-refractivity contribution < 1.29 is 0 Å². The quantitative estimate of drug-likeness (QED) is 0.841. The number of nitrogens with one attached hydrogen (secondary N) is 1. The van der Waals surface area contributed by atoms with Crippen molar-refractivity contribution in [3.63, 3.8) is 0 Å². The fourth-order valence-corrected chi connectivity index (χ4v) is 2.42. The second kappa shape index (κ2) is 6.79. The van der Waals surface area contributed by atoms with Gasteiger partial charge in [0.25, 0.3) is 0 Å². The average molecular weight is 285 g/mol. The smallest absolute Gasteiger partial charge is 0.203 e. The van der Waals surface area contributed by atoms with Crippen LogP contribution in [0.1, 0.15) is 50.4 Å². The molecule has 1 aromatic heterocycles. The lowest BCUT2D eigenvalue weighted by Crippen LogP contribution is -2.10. The highest BCUT2D eigenvalue weighted by atomic mass is 15.2. The van der Waals surface area contributed by atoms with Crippen LogP contribution in [0.4, 0.5) is 5.95 Å². The molecular formula is C18H27N3. The summed E-state index contributed by atoms with van der Waals surface area (Å²) in [6.07, 6.45) is 2.12. The maximum atomic E-state index is 4.58. The summed E-state index contributed by atoms with van der Waals surface area (Å²) in [5.74, 6) is 2.17. The Morgan fingerprint density at radius 3 is 2.33 bits per heavy atom. The maximum absolute atomic E-state index is 4.58. The van der Waals surface area contributed by atoms with Crippen LogP contribution >= 0.6 is 0 Å². The van der Waals surface area contributed by atoms with Crippen LogP contribution in [0.5, 0.6) is 0 Å². The zero-order chi connectivity index (χ0) is 15.4. The fraction of sp³-hybridized carbons (Fsp3) is 0.500. The van der Waals surface area contributed by atoms with Crippen LogP contribution in [0.3, 0.4) is 0 Å². The van der Waals surface area contributed by atoms with Gasteiger partial charge in [-0.2, -0.15) is 0 Å². The second-order valence-electron chi connectivity index (χ2n) is 6.50. The first-order valence-electron chi connectivity index (χ1n) is 7.82. The van der Waals surface area contributed by atoms with Crippen molar-refractivity contribution in [3.05, 3.63) is 47.3 Å². The molecule has 0 saturated heterocycles. The molecule has 0 bridgehead atoms. The number of anilines is 1. The third-order valence-electron chi connectivity index (χ3n) is 3.56. The van der Waals surface area contributed by atoms with Crippen LogP contribution in [0.25, 0.3) is 0 Å². The zero-order valence-electron chi connectivity index (χ0n) is 13.9. The highest BCUT2D eigenvalue weighted by Gasteiger charge is 2.07. The van der Waals surface area contributed by atoms with E-state index in [1.54, 1.807) is 0 Å². The average Bonchev–Trinajstić information content (AvgIpc) is 2.76. The monoisotopic (exact) mass is 285 g/mol. The van der Waals surface area contributed by atoms with Crippen molar-refractivity contribution in [1.29, 1.82) is 0 Å². The van der Waals surface area contributed by atoms with E-state index in [1.165, 1.54) is 11.1 Å². The predicted octanol–water partition coefficient (Wildman–Crippen LogP) is 4.58. The number of nitrogens with zero attached hydrogens (tertiary/aromatic N) is 2. The van der Waals surface area contributed by atoms with Crippen molar-refractivity contribution in [2.75, 3.05) is 5.32 Å². The molecule has 21 heavy (non-hydrogen) atoms. The molecule has 0 radical (unpaired) electrons. The van der Waals surface area contributed by atoms with Gasteiger partial charge in [0, 0.05) is 19.3 Å². The summed E-state index contributed by atoms with van der Waals surface area (Å²) < 4.78 is 2.21. The lowest BCUT2D eigenvalue weighted by Gasteiger charge is -2.12. The molecule has 0 fully saturated rings. The van der Waals surface area contributed by atoms with E-state index in [4.69, 9.17) is 0 Å². The van der Waals surface area contributed by atoms with Gasteiger partial charge in [0.1, 0.15) is 0 Å². The van der Waals surface area contributed by atoms with E-state index in [-0.39, 0.29) is 0 Å². The van der Waals surface area contributed by atoms with Gasteiger partial charge in [0.2, 0.25) is 5.95 Å². The summed E-state index contributed by atoms with van der Waals surface area (Å²) in [7, 11) is 0. The maximum Gasteiger partial charge on any atom is 0.203 e. The number of benzene rings is 1. The standard InChI is InChI=1S/C18H27N3/c1-13(2)11-21-12-15(5)20-18(21)19-10-16-6-8-17(9-7-16)14(3)4/h6-9,12-14H,10-11H2,1-5H3,(H,19,20). The third-order valence-corrected chi connectivity index (χ3v) is 3.56. The summed E-state index contributed by atoms with van der Waals surface area (Å²) in [4.78, 5) is 4.58. The molecule has 114 valence electrons. The Labute approximate surface area is 128 Å². The molecule has 0 atom stereocenters. The lowest BCUT2D eigenvalue weighted by molar-refractivity contribution is 0.526. The first-order chi connectivity index (χ1) is 9.95. The summed E-state index contributed by atoms with van der Waals surface area (Å²) in [6, 6.07) is 8.83. The van der Waals surface area contributed by atoms with Gasteiger partial charge in [-0.3, -0.25) is 0 Å². The Bertz CT molecular complexity index is 565. The molecule has 3 heteroatoms. The van der Waals surface area contributed by atoms with E-state index in [0.717, 1.165) is 24.7 Å². The Kier molecular flexibility index (Phi) is 5.05. The molecule has 0 saturated carbocycles. The molecule has 0 aliphatic rings. The third kappa shape index (κ3) is 4.35. The van der Waals surface area contributed by atoms with E-state index in [9.17, 15) is 0 Å². The Morgan fingerprint density at radius 2 is 1.76 bits per heavy atom. The van der Waals surface area contributed by atoms with Gasteiger partial charge in [-0.1, -0.05) is 52.0 Å². The molecule has 3 nitrogen and oxygen atoms in total. The minimum atomic E-state index is 0.583. The van der Waals surface area contributed by atoms with Gasteiger partial charge in [-0.25, -0.2) is 4.98 Å². The van der Waals surface area contributed by atoms with Gasteiger partial charge in [-0.05, 0) is 29.9 Å². The van der Waals surface area contributed by atoms with Crippen molar-refractivity contribution in [3.8, 4) is 0 Å². The Balaban J connectivity index is 2.02. The number of aromatic nitrogens is 2. The highest BCUT2D eigenvalue weighted by Crippen LogP contribution is 2.16. The topological polar surface area (TPSA) is 29.9 Å². The second-order valence-corrected chi connectivity index (χ2v) is 6.50. The van der Waals surface area contributed by atoms with Crippen LogP contribution < -0.4 is 5.32 Å². The molecule has 0 unspecified atom stereocenters. The number of rotatable bonds is 6. The molecule has 1 aromatic carbocycles. The van der Waals surface area contributed by atoms with Crippen LogP contribution in [0, 0.1) is 12.8 Å². The largest absolute Gasteiger partial charge is 0.352 e. The van der Waals surface area contributed by atoms with Gasteiger partial charge in [0.05, 0.1) is 5.69 Å². The normalized spacial score (nSPS) is 11.4. The summed E-state index contributed by atoms with van der Waals surface area (Å²) >= 11 is 0. The molecule has 2 aromatic rings. The molecule has 1 heterocycles. The molecule has 1 N–H and O–H groups in total. The van der Waals surface area contributed by atoms with E-state index >= 15 is 0 Å². The van der Waals surface area contributed by atoms with Crippen molar-refractivity contribution in [1.82, 2.24) is 9.55 Å². The molecule has 2 rings (SSSR count). The van der Waals surface area contributed by atoms with Crippen molar-refractivity contribution in [2.24, 2.45) is 5.92 Å². The van der Waals surface area contributed by atoms with Crippen LogP contribution in [0.2, 0.25) is 0 Å². The minimum Gasteiger partial charge on any atom is -0.352 e. The van der Waals surface area contributed by atoms with E-state index < -0.39 is 0 Å². The first kappa shape index (κ1) is 15.6. The summed E-state index contributed by atoms with van der Waals surface area (Å²) in [5.41, 5.74) is 3.74. The van der Waals surface area contributed by atoms with Crippen LogP contribution in [-0.2, 0) is 13.1 Å². The van der Waals surface area contributed by atoms with E-state index in [2.05, 4.69) is 73.0 Å². The molecular weight excluding hydrogens is 258 g/mol. The van der Waals surface area contributed by atoms with Crippen molar-refractivity contribution >= 4 is 5.95 Å². The minimum absolute atomic E-state index is 0.583. The lowest BCUT2D eigenvalue weighted by atomic mass is 10.0. The van der Waals surface area contributed by atoms with Gasteiger partial charge < -0.3 is 9.88 Å². The fourth-order valence-electron chi connectivity index (χ4n) is 2.42. The van der Waals surface area contributed by atoms with Crippen molar-refractivity contribution in [2.45, 2.75) is 53.6 Å². The number of hydrogen-bond donors (Lipinski definition) is 1. The van der Waals surface area contributed by atoms with Gasteiger partial charge in [0.15, 0.2) is 0 Å². The van der Waals surface area contributed by atoms with Gasteiger partial charge in [-0.15, -0.1) is 0 Å². The first-order valence-corrected chi connectivity index (χ1v) is 7.82. The molecule has 0 amide bonds.